The third-order valence-electron chi connectivity index (χ3n) is 10.7. The van der Waals surface area contributed by atoms with Crippen LogP contribution in [-0.4, -0.2) is 86.9 Å². The van der Waals surface area contributed by atoms with Crippen molar-refractivity contribution in [1.82, 2.24) is 36.1 Å². The van der Waals surface area contributed by atoms with Gasteiger partial charge in [-0.1, -0.05) is 59.8 Å². The minimum absolute atomic E-state index is 0.0132. The van der Waals surface area contributed by atoms with E-state index in [0.29, 0.717) is 19.4 Å². The van der Waals surface area contributed by atoms with Crippen molar-refractivity contribution >= 4 is 35.3 Å². The summed E-state index contributed by atoms with van der Waals surface area (Å²) < 4.78 is 0. The molecular formula is C36H53N7O6. The maximum atomic E-state index is 14.6. The number of aromatic nitrogens is 2. The number of rotatable bonds is 13. The van der Waals surface area contributed by atoms with Gasteiger partial charge in [0.15, 0.2) is 0 Å². The molecule has 4 aliphatic rings. The summed E-state index contributed by atoms with van der Waals surface area (Å²) in [6.07, 6.45) is 13.9. The van der Waals surface area contributed by atoms with Crippen molar-refractivity contribution in [2.45, 2.75) is 135 Å². The molecule has 13 nitrogen and oxygen atoms in total. The lowest BCUT2D eigenvalue weighted by Gasteiger charge is -2.38. The Morgan fingerprint density at radius 2 is 1.63 bits per heavy atom. The fourth-order valence-corrected chi connectivity index (χ4v) is 7.87. The van der Waals surface area contributed by atoms with Crippen LogP contribution in [0.4, 0.5) is 0 Å². The normalized spacial score (nSPS) is 24.2. The van der Waals surface area contributed by atoms with E-state index in [1.807, 2.05) is 27.7 Å². The van der Waals surface area contributed by atoms with Crippen LogP contribution in [0.5, 0.6) is 0 Å². The number of fused-ring (bicyclic) bond motifs is 1. The number of hydrogen-bond acceptors (Lipinski definition) is 8. The van der Waals surface area contributed by atoms with Crippen LogP contribution in [0.25, 0.3) is 0 Å². The molecule has 3 saturated carbocycles. The fourth-order valence-electron chi connectivity index (χ4n) is 7.87. The summed E-state index contributed by atoms with van der Waals surface area (Å²) >= 11 is 0. The highest BCUT2D eigenvalue weighted by atomic mass is 16.2. The monoisotopic (exact) mass is 679 g/mol. The van der Waals surface area contributed by atoms with E-state index in [0.717, 1.165) is 64.2 Å². The molecule has 6 atom stereocenters. The number of ketones is 1. The van der Waals surface area contributed by atoms with E-state index >= 15 is 0 Å². The van der Waals surface area contributed by atoms with Gasteiger partial charge in [-0.25, -0.2) is 4.98 Å². The molecule has 49 heavy (non-hydrogen) atoms. The number of nitrogens with one attached hydrogen (secondary N) is 4. The Bertz CT molecular complexity index is 1390. The summed E-state index contributed by atoms with van der Waals surface area (Å²) in [6.45, 7) is 7.85. The summed E-state index contributed by atoms with van der Waals surface area (Å²) in [5, 5.41) is 11.5. The second-order valence-corrected chi connectivity index (χ2v) is 15.5. The number of Topliss-reactive ketones (excluding diaryl/α,β-unsaturated/α-hetero) is 1. The van der Waals surface area contributed by atoms with E-state index in [1.165, 1.54) is 18.6 Å². The van der Waals surface area contributed by atoms with E-state index in [-0.39, 0.29) is 35.4 Å². The predicted octanol–water partition coefficient (Wildman–Crippen LogP) is 2.45. The standard InChI is InChI=1S/C36H53N7O6/c1-5-10-25(29(44)34(48)39-23-15-16-23)40-33(47)28-24-14-9-13-22(24)20-43(28)35(49)30(36(2,3)4)42-32(46)27(21-11-7-6-8-12-21)41-31(45)26-19-37-17-18-38-26/h17-19,21-25,27-28,30H,5-16,20H2,1-4H3,(H,39,48)(H,40,47)(H,41,45)(H,42,46)/t22-,24?,25+,27-,28-,30-/m0/s1. The van der Waals surface area contributed by atoms with Crippen molar-refractivity contribution in [2.75, 3.05) is 6.54 Å². The average Bonchev–Trinajstić information content (AvgIpc) is 3.65. The predicted molar refractivity (Wildman–Crippen MR) is 181 cm³/mol. The molecule has 1 aliphatic heterocycles. The SMILES string of the molecule is CCC[C@@H](NC(=O)[C@@H]1C2CCC[C@H]2CN1C(=O)[C@H](NC(=O)[C@@H](NC(=O)c1cnccn1)C1CCCCC1)C(C)(C)C)C(=O)C(=O)NC1CC1. The zero-order valence-electron chi connectivity index (χ0n) is 29.3. The fraction of sp³-hybridized carbons (Fsp3) is 0.722. The lowest BCUT2D eigenvalue weighted by Crippen LogP contribution is -2.62. The van der Waals surface area contributed by atoms with Crippen LogP contribution < -0.4 is 21.3 Å². The number of carbonyl (C=O) groups is 6. The van der Waals surface area contributed by atoms with Crippen molar-refractivity contribution in [3.63, 3.8) is 0 Å². The van der Waals surface area contributed by atoms with Gasteiger partial charge in [0, 0.05) is 25.0 Å². The van der Waals surface area contributed by atoms with Gasteiger partial charge in [0.25, 0.3) is 11.8 Å². The lowest BCUT2D eigenvalue weighted by molar-refractivity contribution is -0.146. The van der Waals surface area contributed by atoms with Crippen LogP contribution in [0.2, 0.25) is 0 Å². The van der Waals surface area contributed by atoms with Crippen molar-refractivity contribution < 1.29 is 28.8 Å². The topological polar surface area (TPSA) is 180 Å². The summed E-state index contributed by atoms with van der Waals surface area (Å²) in [4.78, 5) is 91.4. The molecule has 1 aromatic heterocycles. The van der Waals surface area contributed by atoms with E-state index in [4.69, 9.17) is 0 Å². The zero-order chi connectivity index (χ0) is 35.3. The third kappa shape index (κ3) is 8.83. The molecule has 13 heteroatoms. The highest BCUT2D eigenvalue weighted by Crippen LogP contribution is 2.43. The van der Waals surface area contributed by atoms with E-state index < -0.39 is 59.0 Å². The number of carbonyl (C=O) groups excluding carboxylic acids is 6. The molecule has 268 valence electrons. The molecular weight excluding hydrogens is 626 g/mol. The van der Waals surface area contributed by atoms with Gasteiger partial charge in [0.05, 0.1) is 12.2 Å². The van der Waals surface area contributed by atoms with Crippen molar-refractivity contribution in [2.24, 2.45) is 23.2 Å². The van der Waals surface area contributed by atoms with Gasteiger partial charge in [-0.3, -0.25) is 33.8 Å². The first-order valence-corrected chi connectivity index (χ1v) is 18.2. The first kappa shape index (κ1) is 36.4. The molecule has 3 aliphatic carbocycles. The molecule has 4 fully saturated rings. The molecule has 1 aromatic rings. The summed E-state index contributed by atoms with van der Waals surface area (Å²) in [5.41, 5.74) is -0.638. The molecule has 1 unspecified atom stereocenters. The number of nitrogens with zero attached hydrogens (tertiary/aromatic N) is 3. The van der Waals surface area contributed by atoms with Crippen molar-refractivity contribution in [1.29, 1.82) is 0 Å². The summed E-state index contributed by atoms with van der Waals surface area (Å²) in [5.74, 6) is -3.20. The first-order valence-electron chi connectivity index (χ1n) is 18.2. The highest BCUT2D eigenvalue weighted by molar-refractivity contribution is 6.38. The Labute approximate surface area is 288 Å². The third-order valence-corrected chi connectivity index (χ3v) is 10.7. The largest absolute Gasteiger partial charge is 0.347 e. The van der Waals surface area contributed by atoms with E-state index in [2.05, 4.69) is 31.2 Å². The van der Waals surface area contributed by atoms with Crippen molar-refractivity contribution in [3.8, 4) is 0 Å². The van der Waals surface area contributed by atoms with Gasteiger partial charge < -0.3 is 26.2 Å². The minimum Gasteiger partial charge on any atom is -0.347 e. The molecule has 0 aromatic carbocycles. The second-order valence-electron chi connectivity index (χ2n) is 15.5. The second kappa shape index (κ2) is 15.8. The Morgan fingerprint density at radius 1 is 0.898 bits per heavy atom. The Kier molecular flexibility index (Phi) is 11.7. The maximum Gasteiger partial charge on any atom is 0.289 e. The van der Waals surface area contributed by atoms with Crippen LogP contribution in [0, 0.1) is 23.2 Å². The first-order chi connectivity index (χ1) is 23.4. The molecule has 1 saturated heterocycles. The Hall–Kier alpha value is -3.90. The van der Waals surface area contributed by atoms with Crippen LogP contribution in [0.15, 0.2) is 18.6 Å². The Balaban J connectivity index is 1.36. The van der Waals surface area contributed by atoms with Gasteiger partial charge >= 0.3 is 0 Å². The smallest absolute Gasteiger partial charge is 0.289 e. The number of amides is 5. The van der Waals surface area contributed by atoms with Crippen LogP contribution in [0.1, 0.15) is 115 Å². The van der Waals surface area contributed by atoms with Crippen molar-refractivity contribution in [3.05, 3.63) is 24.3 Å². The quantitative estimate of drug-likeness (QED) is 0.230. The minimum atomic E-state index is -0.994. The number of hydrogen-bond donors (Lipinski definition) is 4. The van der Waals surface area contributed by atoms with E-state index in [1.54, 1.807) is 4.90 Å². The summed E-state index contributed by atoms with van der Waals surface area (Å²) in [6, 6.07) is -3.68. The molecule has 5 amide bonds. The van der Waals surface area contributed by atoms with Crippen LogP contribution in [-0.2, 0) is 24.0 Å². The molecule has 0 spiro atoms. The van der Waals surface area contributed by atoms with E-state index in [9.17, 15) is 28.8 Å². The lowest BCUT2D eigenvalue weighted by atomic mass is 9.82. The van der Waals surface area contributed by atoms with Gasteiger partial charge in [0.1, 0.15) is 23.8 Å². The zero-order valence-corrected chi connectivity index (χ0v) is 29.3. The van der Waals surface area contributed by atoms with Crippen LogP contribution in [0.3, 0.4) is 0 Å². The molecule has 5 rings (SSSR count). The van der Waals surface area contributed by atoms with Crippen LogP contribution >= 0.6 is 0 Å². The van der Waals surface area contributed by atoms with Gasteiger partial charge in [0.2, 0.25) is 23.5 Å². The van der Waals surface area contributed by atoms with Gasteiger partial charge in [-0.15, -0.1) is 0 Å². The molecule has 0 radical (unpaired) electrons. The van der Waals surface area contributed by atoms with Gasteiger partial charge in [-0.05, 0) is 68.1 Å². The Morgan fingerprint density at radius 3 is 2.27 bits per heavy atom. The molecule has 2 heterocycles. The van der Waals surface area contributed by atoms with Gasteiger partial charge in [-0.2, -0.15) is 0 Å². The average molecular weight is 680 g/mol. The highest BCUT2D eigenvalue weighted by Gasteiger charge is 2.52. The summed E-state index contributed by atoms with van der Waals surface area (Å²) in [7, 11) is 0. The number of likely N-dealkylation sites (tertiary alicyclic amines) is 1. The molecule has 4 N–H and O–H groups in total. The maximum absolute atomic E-state index is 14.6. The molecule has 0 bridgehead atoms.